The van der Waals surface area contributed by atoms with Crippen LogP contribution in [0.4, 0.5) is 0 Å². The normalized spacial score (nSPS) is 19.9. The molecule has 2 aromatic heterocycles. The lowest BCUT2D eigenvalue weighted by molar-refractivity contribution is 0.0660. The summed E-state index contributed by atoms with van der Waals surface area (Å²) in [7, 11) is 1.70. The zero-order valence-corrected chi connectivity index (χ0v) is 19.2. The van der Waals surface area contributed by atoms with Gasteiger partial charge in [-0.25, -0.2) is 0 Å². The Morgan fingerprint density at radius 3 is 2.69 bits per heavy atom. The van der Waals surface area contributed by atoms with Gasteiger partial charge in [-0.2, -0.15) is 16.3 Å². The molecular weight excluding hydrogens is 422 g/mol. The molecule has 6 nitrogen and oxygen atoms in total. The minimum Gasteiger partial charge on any atom is -0.501 e. The van der Waals surface area contributed by atoms with Crippen LogP contribution >= 0.6 is 11.3 Å². The van der Waals surface area contributed by atoms with Crippen molar-refractivity contribution in [3.05, 3.63) is 68.5 Å². The molecule has 5 rings (SSSR count). The summed E-state index contributed by atoms with van der Waals surface area (Å²) in [5.41, 5.74) is 2.87. The third-order valence-corrected chi connectivity index (χ3v) is 7.94. The molecule has 1 N–H and O–H groups in total. The number of hydrogen-bond acceptors (Lipinski definition) is 5. The maximum Gasteiger partial charge on any atom is 0.315 e. The summed E-state index contributed by atoms with van der Waals surface area (Å²) in [5.74, 6) is -0.279. The van der Waals surface area contributed by atoms with Crippen LogP contribution in [0.5, 0.6) is 5.75 Å². The number of aromatic nitrogens is 2. The summed E-state index contributed by atoms with van der Waals surface area (Å²) < 4.78 is 1.78. The van der Waals surface area contributed by atoms with Crippen LogP contribution in [0, 0.1) is 0 Å². The Kier molecular flexibility index (Phi) is 5.16. The molecule has 0 bridgehead atoms. The maximum atomic E-state index is 12.9. The first-order valence-corrected chi connectivity index (χ1v) is 12.1. The molecule has 1 atom stereocenters. The Morgan fingerprint density at radius 1 is 1.19 bits per heavy atom. The van der Waals surface area contributed by atoms with Crippen molar-refractivity contribution >= 4 is 17.2 Å². The average Bonchev–Trinajstić information content (AvgIpc) is 3.49. The number of likely N-dealkylation sites (N-methyl/N-ethyl adjacent to an activating group) is 1. The van der Waals surface area contributed by atoms with Gasteiger partial charge in [0.25, 0.3) is 5.91 Å². The van der Waals surface area contributed by atoms with Gasteiger partial charge in [-0.05, 0) is 53.3 Å². The number of thiophene rings is 1. The molecule has 2 aliphatic rings. The minimum absolute atomic E-state index is 0.0427. The highest BCUT2D eigenvalue weighted by Crippen LogP contribution is 2.44. The Hall–Kier alpha value is -2.93. The van der Waals surface area contributed by atoms with Gasteiger partial charge >= 0.3 is 5.56 Å². The Morgan fingerprint density at radius 2 is 1.97 bits per heavy atom. The van der Waals surface area contributed by atoms with E-state index in [1.165, 1.54) is 16.7 Å². The van der Waals surface area contributed by atoms with Crippen LogP contribution < -0.4 is 5.56 Å². The zero-order chi connectivity index (χ0) is 22.5. The number of hydrogen-bond donors (Lipinski definition) is 1. The number of carbonyl (C=O) groups excluding carboxylic acids is 1. The second kappa shape index (κ2) is 7.89. The van der Waals surface area contributed by atoms with E-state index in [1.807, 2.05) is 6.92 Å². The molecule has 7 heteroatoms. The van der Waals surface area contributed by atoms with Crippen molar-refractivity contribution in [1.82, 2.24) is 14.5 Å². The molecule has 0 spiro atoms. The van der Waals surface area contributed by atoms with Crippen molar-refractivity contribution in [2.24, 2.45) is 0 Å². The molecule has 1 fully saturated rings. The van der Waals surface area contributed by atoms with E-state index in [1.54, 1.807) is 27.9 Å². The summed E-state index contributed by atoms with van der Waals surface area (Å²) in [6.07, 6.45) is 4.84. The van der Waals surface area contributed by atoms with E-state index in [4.69, 9.17) is 0 Å². The second-order valence-corrected chi connectivity index (χ2v) is 9.94. The largest absolute Gasteiger partial charge is 0.501 e. The van der Waals surface area contributed by atoms with E-state index in [0.717, 1.165) is 25.7 Å². The smallest absolute Gasteiger partial charge is 0.315 e. The lowest BCUT2D eigenvalue weighted by Gasteiger charge is -2.36. The summed E-state index contributed by atoms with van der Waals surface area (Å²) in [4.78, 5) is 31.3. The van der Waals surface area contributed by atoms with Crippen LogP contribution in [0.1, 0.15) is 54.5 Å². The molecule has 1 saturated carbocycles. The van der Waals surface area contributed by atoms with Crippen molar-refractivity contribution in [2.45, 2.75) is 57.0 Å². The quantitative estimate of drug-likeness (QED) is 0.648. The van der Waals surface area contributed by atoms with Gasteiger partial charge in [0, 0.05) is 31.5 Å². The number of rotatable bonds is 4. The van der Waals surface area contributed by atoms with Gasteiger partial charge in [-0.15, -0.1) is 0 Å². The third-order valence-electron chi connectivity index (χ3n) is 7.26. The number of nitrogens with zero attached hydrogens (tertiary/aromatic N) is 3. The standard InChI is InChI=1S/C25H27N3O3S/c1-16-14-28-20(26-23(30)22(29)21(28)24(31)27(16)2)13-25(9-3-4-10-25)19-7-5-6-17(12-19)18-8-11-32-15-18/h5-8,11-12,15-16,29H,3-4,9-10,13-14H2,1-2H3/t16-/m0/s1. The molecule has 1 aromatic carbocycles. The monoisotopic (exact) mass is 449 g/mol. The van der Waals surface area contributed by atoms with Gasteiger partial charge in [-0.1, -0.05) is 37.1 Å². The molecule has 1 aliphatic carbocycles. The van der Waals surface area contributed by atoms with E-state index in [-0.39, 0.29) is 23.1 Å². The highest BCUT2D eigenvalue weighted by molar-refractivity contribution is 7.08. The average molecular weight is 450 g/mol. The van der Waals surface area contributed by atoms with Crippen LogP contribution in [-0.4, -0.2) is 38.6 Å². The van der Waals surface area contributed by atoms with E-state index in [0.29, 0.717) is 18.8 Å². The van der Waals surface area contributed by atoms with Gasteiger partial charge in [0.1, 0.15) is 5.82 Å². The fourth-order valence-electron chi connectivity index (χ4n) is 5.27. The molecule has 3 aromatic rings. The molecule has 1 amide bonds. The Balaban J connectivity index is 1.61. The fraction of sp³-hybridized carbons (Fsp3) is 0.400. The van der Waals surface area contributed by atoms with E-state index >= 15 is 0 Å². The molecule has 3 heterocycles. The van der Waals surface area contributed by atoms with Gasteiger partial charge in [0.15, 0.2) is 5.69 Å². The summed E-state index contributed by atoms with van der Waals surface area (Å²) >= 11 is 1.69. The van der Waals surface area contributed by atoms with E-state index in [2.05, 4.69) is 46.1 Å². The van der Waals surface area contributed by atoms with Crippen LogP contribution in [0.15, 0.2) is 45.9 Å². The first kappa shape index (κ1) is 20.9. The Bertz CT molecular complexity index is 1230. The summed E-state index contributed by atoms with van der Waals surface area (Å²) in [5, 5.41) is 14.6. The number of fused-ring (bicyclic) bond motifs is 1. The fourth-order valence-corrected chi connectivity index (χ4v) is 5.94. The van der Waals surface area contributed by atoms with E-state index < -0.39 is 11.3 Å². The first-order chi connectivity index (χ1) is 15.4. The van der Waals surface area contributed by atoms with Crippen LogP contribution in [0.3, 0.4) is 0 Å². The lowest BCUT2D eigenvalue weighted by atomic mass is 9.75. The first-order valence-electron chi connectivity index (χ1n) is 11.1. The van der Waals surface area contributed by atoms with Crippen LogP contribution in [-0.2, 0) is 18.4 Å². The molecule has 0 radical (unpaired) electrons. The molecular formula is C25H27N3O3S. The topological polar surface area (TPSA) is 75.4 Å². The van der Waals surface area contributed by atoms with Crippen molar-refractivity contribution < 1.29 is 9.90 Å². The molecule has 32 heavy (non-hydrogen) atoms. The predicted octanol–water partition coefficient (Wildman–Crippen LogP) is 4.21. The molecule has 0 unspecified atom stereocenters. The third kappa shape index (κ3) is 3.35. The predicted molar refractivity (Wildman–Crippen MR) is 125 cm³/mol. The summed E-state index contributed by atoms with van der Waals surface area (Å²) in [6, 6.07) is 10.8. The molecule has 1 aliphatic heterocycles. The van der Waals surface area contributed by atoms with Gasteiger partial charge in [-0.3, -0.25) is 9.59 Å². The van der Waals surface area contributed by atoms with Gasteiger partial charge in [0.2, 0.25) is 5.75 Å². The van der Waals surface area contributed by atoms with E-state index in [9.17, 15) is 14.7 Å². The summed E-state index contributed by atoms with van der Waals surface area (Å²) in [6.45, 7) is 2.48. The highest BCUT2D eigenvalue weighted by Gasteiger charge is 2.39. The maximum absolute atomic E-state index is 12.9. The minimum atomic E-state index is -0.720. The highest BCUT2D eigenvalue weighted by atomic mass is 32.1. The second-order valence-electron chi connectivity index (χ2n) is 9.16. The molecule has 0 saturated heterocycles. The Labute approximate surface area is 191 Å². The van der Waals surface area contributed by atoms with Gasteiger partial charge < -0.3 is 14.6 Å². The number of amides is 1. The van der Waals surface area contributed by atoms with Crippen molar-refractivity contribution in [3.63, 3.8) is 0 Å². The van der Waals surface area contributed by atoms with Crippen molar-refractivity contribution in [2.75, 3.05) is 7.05 Å². The molecule has 166 valence electrons. The van der Waals surface area contributed by atoms with Crippen molar-refractivity contribution in [3.8, 4) is 16.9 Å². The van der Waals surface area contributed by atoms with Crippen LogP contribution in [0.25, 0.3) is 11.1 Å². The van der Waals surface area contributed by atoms with Crippen molar-refractivity contribution in [1.29, 1.82) is 0 Å². The number of benzene rings is 1. The zero-order valence-electron chi connectivity index (χ0n) is 18.4. The SMILES string of the molecule is C[C@H]1Cn2c(CC3(c4cccc(-c5ccsc5)c4)CCCC3)nc(=O)c(O)c2C(=O)N1C. The number of aromatic hydroxyl groups is 1. The lowest BCUT2D eigenvalue weighted by Crippen LogP contribution is -2.47. The number of carbonyl (C=O) groups is 1. The van der Waals surface area contributed by atoms with Gasteiger partial charge in [0.05, 0.1) is 0 Å². The van der Waals surface area contributed by atoms with Crippen LogP contribution in [0.2, 0.25) is 0 Å².